The molecule has 2 aromatic heterocycles. The second-order valence-electron chi connectivity index (χ2n) is 6.26. The van der Waals surface area contributed by atoms with E-state index in [1.54, 1.807) is 0 Å². The van der Waals surface area contributed by atoms with Crippen LogP contribution in [0, 0.1) is 6.08 Å². The van der Waals surface area contributed by atoms with Gasteiger partial charge in [0.05, 0.1) is 16.3 Å². The summed E-state index contributed by atoms with van der Waals surface area (Å²) in [6.45, 7) is 0. The van der Waals surface area contributed by atoms with Crippen molar-refractivity contribution in [3.8, 4) is 0 Å². The number of allylic oxidation sites excluding steroid dienone is 2. The Labute approximate surface area is 142 Å². The first kappa shape index (κ1) is 12.5. The Kier molecular flexibility index (Phi) is 2.25. The second kappa shape index (κ2) is 4.33. The Bertz CT molecular complexity index is 1340. The van der Waals surface area contributed by atoms with Crippen molar-refractivity contribution < 1.29 is 0 Å². The van der Waals surface area contributed by atoms with Gasteiger partial charge >= 0.3 is 0 Å². The van der Waals surface area contributed by atoms with Gasteiger partial charge in [0.15, 0.2) is 0 Å². The number of aromatic amines is 1. The number of para-hydroxylation sites is 1. The molecule has 0 bridgehead atoms. The van der Waals surface area contributed by atoms with E-state index < -0.39 is 0 Å². The van der Waals surface area contributed by atoms with E-state index in [0.717, 1.165) is 0 Å². The molecule has 6 rings (SSSR count). The van der Waals surface area contributed by atoms with Gasteiger partial charge in [0.1, 0.15) is 17.7 Å². The van der Waals surface area contributed by atoms with Gasteiger partial charge in [-0.05, 0) is 24.3 Å². The Morgan fingerprint density at radius 3 is 2.79 bits per heavy atom. The van der Waals surface area contributed by atoms with Crippen molar-refractivity contribution in [1.29, 1.82) is 0 Å². The predicted octanol–water partition coefficient (Wildman–Crippen LogP) is 6.53. The average molecular weight is 322 g/mol. The fraction of sp³-hybridized carbons (Fsp3) is 0. The Morgan fingerprint density at radius 1 is 0.833 bits per heavy atom. The molecule has 5 aromatic rings. The maximum Gasteiger partial charge on any atom is 0.111 e. The van der Waals surface area contributed by atoms with Crippen LogP contribution in [0.2, 0.25) is 0 Å². The molecule has 3 aromatic carbocycles. The number of H-pyrrole nitrogens is 1. The minimum Gasteiger partial charge on any atom is -0.354 e. The van der Waals surface area contributed by atoms with Crippen LogP contribution in [0.15, 0.2) is 54.6 Å². The highest BCUT2D eigenvalue weighted by Crippen LogP contribution is 2.41. The standard InChI is InChI=1S/C22H12NS/c1-2-6-14-13(5-1)9-10-16-18-11-20-17(12-21(18)24-22(14)16)15-7-3-4-8-19(15)23-20/h2-12,23H/q+1. The third kappa shape index (κ3) is 1.52. The molecule has 1 aliphatic carbocycles. The summed E-state index contributed by atoms with van der Waals surface area (Å²) in [5.74, 6) is 0. The van der Waals surface area contributed by atoms with Crippen LogP contribution < -0.4 is 0 Å². The van der Waals surface area contributed by atoms with Gasteiger partial charge in [-0.1, -0.05) is 18.2 Å². The van der Waals surface area contributed by atoms with Crippen molar-refractivity contribution in [2.24, 2.45) is 0 Å². The van der Waals surface area contributed by atoms with Crippen LogP contribution in [-0.4, -0.2) is 4.98 Å². The molecule has 0 fully saturated rings. The van der Waals surface area contributed by atoms with Crippen molar-refractivity contribution in [2.75, 3.05) is 0 Å². The lowest BCUT2D eigenvalue weighted by Crippen LogP contribution is -1.84. The van der Waals surface area contributed by atoms with Crippen molar-refractivity contribution in [2.45, 2.75) is 0 Å². The molecule has 0 atom stereocenters. The zero-order valence-electron chi connectivity index (χ0n) is 12.8. The molecular formula is C22H12NS+. The number of rotatable bonds is 0. The number of fused-ring (bicyclic) bond motifs is 8. The van der Waals surface area contributed by atoms with Crippen LogP contribution >= 0.6 is 11.3 Å². The molecule has 2 heteroatoms. The average Bonchev–Trinajstić information content (AvgIpc) is 3.17. The van der Waals surface area contributed by atoms with Crippen molar-refractivity contribution in [1.82, 2.24) is 4.98 Å². The molecule has 1 aliphatic rings. The zero-order valence-corrected chi connectivity index (χ0v) is 13.6. The summed E-state index contributed by atoms with van der Waals surface area (Å²) in [5.41, 5.74) is 4.99. The molecule has 110 valence electrons. The molecule has 0 amide bonds. The molecule has 0 saturated carbocycles. The predicted molar refractivity (Wildman–Crippen MR) is 105 cm³/mol. The Balaban J connectivity index is 1.80. The molecule has 24 heavy (non-hydrogen) atoms. The quantitative estimate of drug-likeness (QED) is 0.312. The first-order chi connectivity index (χ1) is 11.9. The van der Waals surface area contributed by atoms with Crippen LogP contribution in [0.25, 0.3) is 54.1 Å². The van der Waals surface area contributed by atoms with E-state index in [4.69, 9.17) is 0 Å². The Morgan fingerprint density at radius 2 is 1.79 bits per heavy atom. The summed E-state index contributed by atoms with van der Waals surface area (Å²) >= 11 is 1.89. The minimum atomic E-state index is 1.20. The molecule has 0 spiro atoms. The fourth-order valence-corrected chi connectivity index (χ4v) is 5.05. The molecule has 0 radical (unpaired) electrons. The number of hydrogen-bond acceptors (Lipinski definition) is 1. The number of nitrogens with one attached hydrogen (secondary N) is 1. The molecule has 0 saturated heterocycles. The topological polar surface area (TPSA) is 15.8 Å². The highest BCUT2D eigenvalue weighted by molar-refractivity contribution is 7.26. The lowest BCUT2D eigenvalue weighted by molar-refractivity contribution is 1.56. The summed E-state index contributed by atoms with van der Waals surface area (Å²) in [6.07, 6.45) is 9.42. The van der Waals surface area contributed by atoms with Crippen molar-refractivity contribution in [3.63, 3.8) is 0 Å². The smallest absolute Gasteiger partial charge is 0.111 e. The number of benzene rings is 3. The van der Waals surface area contributed by atoms with E-state index in [1.807, 2.05) is 17.4 Å². The number of hydrogen-bond donors (Lipinski definition) is 1. The van der Waals surface area contributed by atoms with E-state index in [2.05, 4.69) is 71.7 Å². The summed E-state index contributed by atoms with van der Waals surface area (Å²) in [4.78, 5) is 3.56. The van der Waals surface area contributed by atoms with E-state index in [-0.39, 0.29) is 0 Å². The third-order valence-electron chi connectivity index (χ3n) is 4.92. The van der Waals surface area contributed by atoms with E-state index >= 15 is 0 Å². The first-order valence-electron chi connectivity index (χ1n) is 8.04. The SMILES string of the molecule is [C+]1=Cc2ccc3c(sc4cc5c(cc43)[nH]c3ccccc35)c2C=C1. The normalized spacial score (nSPS) is 13.2. The molecule has 2 heterocycles. The van der Waals surface area contributed by atoms with Gasteiger partial charge in [0.25, 0.3) is 0 Å². The minimum absolute atomic E-state index is 1.20. The van der Waals surface area contributed by atoms with E-state index in [9.17, 15) is 0 Å². The maximum absolute atomic E-state index is 3.56. The molecule has 0 unspecified atom stereocenters. The summed E-state index contributed by atoms with van der Waals surface area (Å²) < 4.78 is 2.72. The molecule has 1 N–H and O–H groups in total. The highest BCUT2D eigenvalue weighted by Gasteiger charge is 2.18. The van der Waals surface area contributed by atoms with Crippen LogP contribution in [0.5, 0.6) is 0 Å². The monoisotopic (exact) mass is 322 g/mol. The largest absolute Gasteiger partial charge is 0.354 e. The summed E-state index contributed by atoms with van der Waals surface area (Å²) in [5, 5.41) is 5.28. The summed E-state index contributed by atoms with van der Waals surface area (Å²) in [7, 11) is 0. The number of aromatic nitrogens is 1. The van der Waals surface area contributed by atoms with Crippen LogP contribution in [0.3, 0.4) is 0 Å². The molecule has 1 nitrogen and oxygen atoms in total. The van der Waals surface area contributed by atoms with Gasteiger partial charge in [0.2, 0.25) is 0 Å². The lowest BCUT2D eigenvalue weighted by atomic mass is 9.99. The lowest BCUT2D eigenvalue weighted by Gasteiger charge is -1.98. The van der Waals surface area contributed by atoms with Gasteiger partial charge in [-0.2, -0.15) is 0 Å². The van der Waals surface area contributed by atoms with Crippen molar-refractivity contribution >= 4 is 65.5 Å². The second-order valence-corrected chi connectivity index (χ2v) is 7.31. The van der Waals surface area contributed by atoms with Gasteiger partial charge in [0, 0.05) is 49.4 Å². The van der Waals surface area contributed by atoms with Crippen LogP contribution in [-0.2, 0) is 0 Å². The molecule has 0 aliphatic heterocycles. The molecular weight excluding hydrogens is 310 g/mol. The fourth-order valence-electron chi connectivity index (χ4n) is 3.79. The van der Waals surface area contributed by atoms with Gasteiger partial charge in [-0.15, -0.1) is 11.3 Å². The van der Waals surface area contributed by atoms with Gasteiger partial charge < -0.3 is 4.98 Å². The van der Waals surface area contributed by atoms with E-state index in [0.29, 0.717) is 0 Å². The van der Waals surface area contributed by atoms with Gasteiger partial charge in [-0.3, -0.25) is 0 Å². The highest BCUT2D eigenvalue weighted by atomic mass is 32.1. The first-order valence-corrected chi connectivity index (χ1v) is 8.86. The Hall–Kier alpha value is -2.93. The zero-order chi connectivity index (χ0) is 15.7. The van der Waals surface area contributed by atoms with Crippen LogP contribution in [0.4, 0.5) is 0 Å². The summed E-state index contributed by atoms with van der Waals surface area (Å²) in [6, 6.07) is 17.6. The van der Waals surface area contributed by atoms with Gasteiger partial charge in [-0.25, -0.2) is 0 Å². The maximum atomic E-state index is 3.56. The van der Waals surface area contributed by atoms with Crippen LogP contribution in [0.1, 0.15) is 11.1 Å². The third-order valence-corrected chi connectivity index (χ3v) is 6.13. The van der Waals surface area contributed by atoms with E-state index in [1.165, 1.54) is 53.1 Å². The van der Waals surface area contributed by atoms with Crippen molar-refractivity contribution in [3.05, 3.63) is 71.8 Å². The number of thiophene rings is 1.